The quantitative estimate of drug-likeness (QED) is 0.632. The molecular formula is C21H23BrF2N4O3. The SMILES string of the molecule is COc1cc(NC(=O)C23C[C@H]4C[C@@H](C2)CC(n2cnc(Br)n2)(C4)C3)ccc1OC(F)F. The van der Waals surface area contributed by atoms with Crippen LogP contribution in [0, 0.1) is 17.3 Å². The Labute approximate surface area is 186 Å². The van der Waals surface area contributed by atoms with Crippen LogP contribution < -0.4 is 14.8 Å². The number of ether oxygens (including phenoxy) is 2. The van der Waals surface area contributed by atoms with Crippen molar-refractivity contribution in [1.29, 1.82) is 0 Å². The van der Waals surface area contributed by atoms with Crippen LogP contribution in [0.3, 0.4) is 0 Å². The number of halogens is 3. The van der Waals surface area contributed by atoms with E-state index in [-0.39, 0.29) is 22.9 Å². The molecule has 4 saturated carbocycles. The van der Waals surface area contributed by atoms with Gasteiger partial charge in [-0.2, -0.15) is 8.78 Å². The molecule has 4 bridgehead atoms. The maximum absolute atomic E-state index is 13.5. The Morgan fingerprint density at radius 2 is 2.00 bits per heavy atom. The molecular weight excluding hydrogens is 474 g/mol. The molecule has 1 amide bonds. The summed E-state index contributed by atoms with van der Waals surface area (Å²) in [4.78, 5) is 17.8. The third-order valence-electron chi connectivity index (χ3n) is 7.10. The third kappa shape index (κ3) is 3.58. The highest BCUT2D eigenvalue weighted by molar-refractivity contribution is 9.10. The molecule has 6 rings (SSSR count). The van der Waals surface area contributed by atoms with E-state index in [1.54, 1.807) is 12.4 Å². The van der Waals surface area contributed by atoms with Gasteiger partial charge in [0, 0.05) is 11.8 Å². The third-order valence-corrected chi connectivity index (χ3v) is 7.46. The van der Waals surface area contributed by atoms with Crippen LogP contribution >= 0.6 is 15.9 Å². The fourth-order valence-electron chi connectivity index (χ4n) is 6.42. The van der Waals surface area contributed by atoms with E-state index in [1.165, 1.54) is 19.2 Å². The number of methoxy groups -OCH3 is 1. The van der Waals surface area contributed by atoms with Crippen molar-refractivity contribution in [3.63, 3.8) is 0 Å². The van der Waals surface area contributed by atoms with Crippen molar-refractivity contribution in [1.82, 2.24) is 14.8 Å². The predicted octanol–water partition coefficient (Wildman–Crippen LogP) is 4.58. The second-order valence-electron chi connectivity index (χ2n) is 9.12. The minimum atomic E-state index is -2.95. The predicted molar refractivity (Wildman–Crippen MR) is 111 cm³/mol. The number of hydrogen-bond donors (Lipinski definition) is 1. The van der Waals surface area contributed by atoms with Crippen molar-refractivity contribution in [2.24, 2.45) is 17.3 Å². The number of amides is 1. The lowest BCUT2D eigenvalue weighted by Gasteiger charge is -2.60. The normalized spacial score (nSPS) is 31.1. The maximum Gasteiger partial charge on any atom is 0.387 e. The van der Waals surface area contributed by atoms with E-state index in [4.69, 9.17) is 4.74 Å². The van der Waals surface area contributed by atoms with Crippen LogP contribution in [-0.4, -0.2) is 34.4 Å². The van der Waals surface area contributed by atoms with E-state index in [0.717, 1.165) is 38.5 Å². The molecule has 4 aliphatic carbocycles. The average molecular weight is 497 g/mol. The molecule has 1 aromatic heterocycles. The first-order valence-corrected chi connectivity index (χ1v) is 11.1. The van der Waals surface area contributed by atoms with Gasteiger partial charge in [-0.05, 0) is 78.4 Å². The summed E-state index contributed by atoms with van der Waals surface area (Å²) in [7, 11) is 1.37. The number of nitrogens with one attached hydrogen (secondary N) is 1. The summed E-state index contributed by atoms with van der Waals surface area (Å²) in [5.41, 5.74) is -0.169. The fraction of sp³-hybridized carbons (Fsp3) is 0.571. The second-order valence-corrected chi connectivity index (χ2v) is 9.83. The van der Waals surface area contributed by atoms with Gasteiger partial charge in [0.25, 0.3) is 0 Å². The highest BCUT2D eigenvalue weighted by atomic mass is 79.9. The molecule has 4 fully saturated rings. The van der Waals surface area contributed by atoms with Crippen molar-refractivity contribution < 1.29 is 23.0 Å². The molecule has 2 unspecified atom stereocenters. The molecule has 31 heavy (non-hydrogen) atoms. The Morgan fingerprint density at radius 3 is 2.61 bits per heavy atom. The average Bonchev–Trinajstić information content (AvgIpc) is 3.15. The Bertz CT molecular complexity index is 1000. The smallest absolute Gasteiger partial charge is 0.387 e. The lowest BCUT2D eigenvalue weighted by molar-refractivity contribution is -0.150. The Kier molecular flexibility index (Phi) is 4.95. The van der Waals surface area contributed by atoms with Gasteiger partial charge in [0.15, 0.2) is 11.5 Å². The molecule has 0 saturated heterocycles. The Morgan fingerprint density at radius 1 is 1.26 bits per heavy atom. The fourth-order valence-corrected chi connectivity index (χ4v) is 6.68. The summed E-state index contributed by atoms with van der Waals surface area (Å²) in [6.07, 6.45) is 7.38. The lowest BCUT2D eigenvalue weighted by Crippen LogP contribution is -2.60. The first-order valence-electron chi connectivity index (χ1n) is 10.3. The molecule has 0 aliphatic heterocycles. The molecule has 4 atom stereocenters. The number of rotatable bonds is 6. The highest BCUT2D eigenvalue weighted by Crippen LogP contribution is 2.64. The molecule has 0 radical (unpaired) electrons. The minimum Gasteiger partial charge on any atom is -0.493 e. The van der Waals surface area contributed by atoms with Crippen LogP contribution in [0.1, 0.15) is 38.5 Å². The second kappa shape index (κ2) is 7.43. The summed E-state index contributed by atoms with van der Waals surface area (Å²) in [5, 5.41) is 7.54. The lowest BCUT2D eigenvalue weighted by atomic mass is 9.46. The molecule has 1 N–H and O–H groups in total. The number of anilines is 1. The molecule has 10 heteroatoms. The van der Waals surface area contributed by atoms with Crippen LogP contribution in [0.5, 0.6) is 11.5 Å². The van der Waals surface area contributed by atoms with Crippen LogP contribution in [0.4, 0.5) is 14.5 Å². The summed E-state index contributed by atoms with van der Waals surface area (Å²) in [5.74, 6) is 1.00. The number of carbonyl (C=O) groups excluding carboxylic acids is 1. The summed E-state index contributed by atoms with van der Waals surface area (Å²) < 4.78 is 37.3. The molecule has 166 valence electrons. The van der Waals surface area contributed by atoms with Gasteiger partial charge in [0.2, 0.25) is 10.6 Å². The van der Waals surface area contributed by atoms with Gasteiger partial charge in [-0.3, -0.25) is 4.79 Å². The molecule has 1 aromatic carbocycles. The van der Waals surface area contributed by atoms with Crippen molar-refractivity contribution in [2.45, 2.75) is 50.7 Å². The van der Waals surface area contributed by atoms with Crippen molar-refractivity contribution in [2.75, 3.05) is 12.4 Å². The minimum absolute atomic E-state index is 0.0327. The van der Waals surface area contributed by atoms with Gasteiger partial charge in [-0.1, -0.05) is 0 Å². The van der Waals surface area contributed by atoms with Gasteiger partial charge in [0.1, 0.15) is 6.33 Å². The zero-order valence-electron chi connectivity index (χ0n) is 17.0. The zero-order chi connectivity index (χ0) is 21.8. The summed E-state index contributed by atoms with van der Waals surface area (Å²) in [6, 6.07) is 4.46. The van der Waals surface area contributed by atoms with Gasteiger partial charge in [-0.25, -0.2) is 9.67 Å². The van der Waals surface area contributed by atoms with E-state index in [0.29, 0.717) is 22.3 Å². The standard InChI is InChI=1S/C21H23BrF2N4O3/c1-30-16-5-14(2-3-15(16)31-19(23)24)26-17(29)20-6-12-4-13(7-20)9-21(8-12,10-20)28-11-25-18(22)27-28/h2-3,5,11-13,19H,4,6-10H2,1H3,(H,26,29)/t12-,13+,20?,21?. The number of alkyl halides is 2. The monoisotopic (exact) mass is 496 g/mol. The van der Waals surface area contributed by atoms with Gasteiger partial charge < -0.3 is 14.8 Å². The van der Waals surface area contributed by atoms with E-state index in [1.807, 2.05) is 4.68 Å². The van der Waals surface area contributed by atoms with Crippen LogP contribution in [0.2, 0.25) is 0 Å². The number of nitrogens with zero attached hydrogens (tertiary/aromatic N) is 3. The van der Waals surface area contributed by atoms with Crippen LogP contribution in [-0.2, 0) is 10.3 Å². The topological polar surface area (TPSA) is 78.3 Å². The Balaban J connectivity index is 1.40. The van der Waals surface area contributed by atoms with E-state index >= 15 is 0 Å². The summed E-state index contributed by atoms with van der Waals surface area (Å²) >= 11 is 3.34. The zero-order valence-corrected chi connectivity index (χ0v) is 18.6. The number of aromatic nitrogens is 3. The molecule has 0 spiro atoms. The van der Waals surface area contributed by atoms with E-state index in [2.05, 4.69) is 36.1 Å². The van der Waals surface area contributed by atoms with E-state index in [9.17, 15) is 13.6 Å². The van der Waals surface area contributed by atoms with Gasteiger partial charge in [0.05, 0.1) is 18.1 Å². The van der Waals surface area contributed by atoms with Crippen LogP contribution in [0.15, 0.2) is 29.3 Å². The van der Waals surface area contributed by atoms with Gasteiger partial charge in [-0.15, -0.1) is 5.10 Å². The first-order chi connectivity index (χ1) is 14.8. The molecule has 1 heterocycles. The van der Waals surface area contributed by atoms with Crippen molar-refractivity contribution in [3.05, 3.63) is 29.3 Å². The number of benzene rings is 1. The first kappa shape index (κ1) is 20.7. The van der Waals surface area contributed by atoms with Crippen molar-refractivity contribution >= 4 is 27.5 Å². The van der Waals surface area contributed by atoms with E-state index < -0.39 is 12.0 Å². The number of carbonyl (C=O) groups is 1. The van der Waals surface area contributed by atoms with Crippen molar-refractivity contribution in [3.8, 4) is 11.5 Å². The highest BCUT2D eigenvalue weighted by Gasteiger charge is 2.61. The molecule has 4 aliphatic rings. The molecule has 2 aromatic rings. The Hall–Kier alpha value is -2.23. The van der Waals surface area contributed by atoms with Gasteiger partial charge >= 0.3 is 6.61 Å². The molecule has 7 nitrogen and oxygen atoms in total. The summed E-state index contributed by atoms with van der Waals surface area (Å²) in [6.45, 7) is -2.95. The number of hydrogen-bond acceptors (Lipinski definition) is 5. The largest absolute Gasteiger partial charge is 0.493 e. The maximum atomic E-state index is 13.5. The van der Waals surface area contributed by atoms with Crippen LogP contribution in [0.25, 0.3) is 0 Å².